The Bertz CT molecular complexity index is 1070. The molecule has 0 saturated carbocycles. The van der Waals surface area contributed by atoms with Crippen LogP contribution in [0.4, 0.5) is 0 Å². The third-order valence-electron chi connectivity index (χ3n) is 6.24. The highest BCUT2D eigenvalue weighted by molar-refractivity contribution is 9.10. The van der Waals surface area contributed by atoms with E-state index in [0.717, 1.165) is 51.4 Å². The van der Waals surface area contributed by atoms with E-state index in [1.807, 2.05) is 18.2 Å². The van der Waals surface area contributed by atoms with Gasteiger partial charge in [-0.3, -0.25) is 0 Å². The predicted molar refractivity (Wildman–Crippen MR) is 115 cm³/mol. The van der Waals surface area contributed by atoms with Crippen LogP contribution in [-0.4, -0.2) is 29.7 Å². The molecule has 7 heteroatoms. The normalized spacial score (nSPS) is 28.4. The molecule has 4 aliphatic heterocycles. The van der Waals surface area contributed by atoms with Gasteiger partial charge in [-0.15, -0.1) is 0 Å². The molecule has 0 amide bonds. The highest BCUT2D eigenvalue weighted by Gasteiger charge is 2.54. The van der Waals surface area contributed by atoms with Crippen molar-refractivity contribution in [2.45, 2.75) is 44.1 Å². The first-order valence-electron chi connectivity index (χ1n) is 10.2. The van der Waals surface area contributed by atoms with Crippen LogP contribution in [0.1, 0.15) is 43.9 Å². The zero-order valence-electron chi connectivity index (χ0n) is 16.9. The van der Waals surface area contributed by atoms with E-state index >= 15 is 0 Å². The molecule has 6 rings (SSSR count). The van der Waals surface area contributed by atoms with Gasteiger partial charge in [-0.2, -0.15) is 5.01 Å². The third kappa shape index (κ3) is 2.83. The highest BCUT2D eigenvalue weighted by Crippen LogP contribution is 2.51. The summed E-state index contributed by atoms with van der Waals surface area (Å²) in [5.74, 6) is 2.50. The van der Waals surface area contributed by atoms with Crippen molar-refractivity contribution < 1.29 is 18.9 Å². The van der Waals surface area contributed by atoms with Gasteiger partial charge in [0.15, 0.2) is 17.2 Å². The first-order chi connectivity index (χ1) is 14.4. The molecule has 0 bridgehead atoms. The number of hydrogen-bond donors (Lipinski definition) is 1. The Labute approximate surface area is 183 Å². The number of rotatable bonds is 1. The second-order valence-corrected chi connectivity index (χ2v) is 9.76. The summed E-state index contributed by atoms with van der Waals surface area (Å²) < 4.78 is 24.8. The van der Waals surface area contributed by atoms with Gasteiger partial charge >= 0.3 is 0 Å². The van der Waals surface area contributed by atoms with Gasteiger partial charge < -0.3 is 24.4 Å². The van der Waals surface area contributed by atoms with Crippen molar-refractivity contribution in [1.82, 2.24) is 10.4 Å². The number of halogens is 1. The molecule has 0 aliphatic carbocycles. The largest absolute Gasteiger partial charge is 0.470 e. The van der Waals surface area contributed by atoms with Crippen molar-refractivity contribution in [3.63, 3.8) is 0 Å². The first kappa shape index (κ1) is 18.5. The molecule has 156 valence electrons. The molecule has 4 heterocycles. The molecule has 0 unspecified atom stereocenters. The van der Waals surface area contributed by atoms with Gasteiger partial charge in [0.2, 0.25) is 6.79 Å². The molecular formula is C23H23BrN2O4. The van der Waals surface area contributed by atoms with Crippen LogP contribution < -0.4 is 19.6 Å². The molecule has 30 heavy (non-hydrogen) atoms. The molecular weight excluding hydrogens is 448 g/mol. The van der Waals surface area contributed by atoms with Crippen LogP contribution in [0, 0.1) is 0 Å². The summed E-state index contributed by atoms with van der Waals surface area (Å²) >= 11 is 3.62. The summed E-state index contributed by atoms with van der Waals surface area (Å²) in [5.41, 5.74) is 6.16. The Morgan fingerprint density at radius 2 is 1.90 bits per heavy atom. The van der Waals surface area contributed by atoms with Gasteiger partial charge in [-0.1, -0.05) is 15.9 Å². The second-order valence-electron chi connectivity index (χ2n) is 8.84. The number of nitrogens with zero attached hydrogens (tertiary/aromatic N) is 1. The summed E-state index contributed by atoms with van der Waals surface area (Å²) in [7, 11) is 0. The lowest BCUT2D eigenvalue weighted by Crippen LogP contribution is -2.64. The van der Waals surface area contributed by atoms with Gasteiger partial charge in [-0.25, -0.2) is 0 Å². The Morgan fingerprint density at radius 3 is 2.77 bits per heavy atom. The molecule has 2 atom stereocenters. The van der Waals surface area contributed by atoms with Crippen LogP contribution >= 0.6 is 15.9 Å². The summed E-state index contributed by atoms with van der Waals surface area (Å²) in [6, 6.07) is 12.4. The van der Waals surface area contributed by atoms with Crippen molar-refractivity contribution in [2.75, 3.05) is 13.4 Å². The van der Waals surface area contributed by atoms with Crippen molar-refractivity contribution in [2.24, 2.45) is 0 Å². The maximum Gasteiger partial charge on any atom is 0.231 e. The van der Waals surface area contributed by atoms with Crippen LogP contribution in [-0.2, 0) is 4.74 Å². The number of benzene rings is 2. The van der Waals surface area contributed by atoms with Gasteiger partial charge in [0.1, 0.15) is 5.75 Å². The smallest absolute Gasteiger partial charge is 0.231 e. The quantitative estimate of drug-likeness (QED) is 0.648. The third-order valence-corrected chi connectivity index (χ3v) is 6.74. The molecule has 1 saturated heterocycles. The van der Waals surface area contributed by atoms with Crippen LogP contribution in [0.3, 0.4) is 0 Å². The minimum absolute atomic E-state index is 0.0561. The Hall–Kier alpha value is -2.22. The van der Waals surface area contributed by atoms with Crippen LogP contribution in [0.15, 0.2) is 46.9 Å². The lowest BCUT2D eigenvalue weighted by atomic mass is 9.87. The summed E-state index contributed by atoms with van der Waals surface area (Å²) in [5, 5.41) is 2.27. The molecule has 6 nitrogen and oxygen atoms in total. The maximum atomic E-state index is 6.71. The molecule has 0 radical (unpaired) electrons. The van der Waals surface area contributed by atoms with Crippen molar-refractivity contribution >= 4 is 21.6 Å². The number of nitrogens with one attached hydrogen (secondary N) is 1. The summed E-state index contributed by atoms with van der Waals surface area (Å²) in [6.45, 7) is 5.19. The van der Waals surface area contributed by atoms with Crippen LogP contribution in [0.2, 0.25) is 0 Å². The van der Waals surface area contributed by atoms with E-state index in [0.29, 0.717) is 6.61 Å². The summed E-state index contributed by atoms with van der Waals surface area (Å²) in [4.78, 5) is 0. The van der Waals surface area contributed by atoms with E-state index in [9.17, 15) is 0 Å². The molecule has 1 N–H and O–H groups in total. The monoisotopic (exact) mass is 470 g/mol. The van der Waals surface area contributed by atoms with Crippen molar-refractivity contribution in [3.8, 4) is 17.2 Å². The Balaban J connectivity index is 1.44. The number of hydrazine groups is 1. The topological polar surface area (TPSA) is 52.2 Å². The zero-order chi connectivity index (χ0) is 20.5. The summed E-state index contributed by atoms with van der Waals surface area (Å²) in [6.07, 6.45) is 3.83. The Morgan fingerprint density at radius 1 is 1.07 bits per heavy atom. The molecule has 0 aromatic heterocycles. The van der Waals surface area contributed by atoms with Gasteiger partial charge in [0, 0.05) is 28.4 Å². The number of fused-ring (bicyclic) bond motifs is 5. The lowest BCUT2D eigenvalue weighted by Gasteiger charge is -2.53. The second kappa shape index (κ2) is 6.39. The minimum atomic E-state index is -0.484. The highest BCUT2D eigenvalue weighted by atomic mass is 79.9. The molecule has 1 spiro atoms. The van der Waals surface area contributed by atoms with E-state index in [1.165, 1.54) is 0 Å². The fourth-order valence-electron chi connectivity index (χ4n) is 4.96. The maximum absolute atomic E-state index is 6.71. The fraction of sp³-hybridized carbons (Fsp3) is 0.391. The molecule has 2 aromatic carbocycles. The minimum Gasteiger partial charge on any atom is -0.470 e. The fourth-order valence-corrected chi connectivity index (χ4v) is 5.34. The van der Waals surface area contributed by atoms with Crippen molar-refractivity contribution in [1.29, 1.82) is 0 Å². The number of hydrogen-bond acceptors (Lipinski definition) is 6. The molecule has 2 aromatic rings. The Kier molecular flexibility index (Phi) is 3.95. The first-order valence-corrected chi connectivity index (χ1v) is 11.0. The van der Waals surface area contributed by atoms with Gasteiger partial charge in [-0.05, 0) is 56.3 Å². The molecule has 4 aliphatic rings. The zero-order valence-corrected chi connectivity index (χ0v) is 18.5. The molecule has 1 fully saturated rings. The van der Waals surface area contributed by atoms with E-state index < -0.39 is 5.72 Å². The van der Waals surface area contributed by atoms with E-state index in [1.54, 1.807) is 0 Å². The van der Waals surface area contributed by atoms with E-state index in [4.69, 9.17) is 18.9 Å². The number of ether oxygens (including phenoxy) is 4. The predicted octanol–water partition coefficient (Wildman–Crippen LogP) is 4.76. The SMILES string of the molecule is CC1(C)C[C@]2(CCO1)Oc1ccc(Br)cc1[C@H]1C=C(c3ccc4c(c3)OCO4)NN12. The van der Waals surface area contributed by atoms with Crippen molar-refractivity contribution in [3.05, 3.63) is 58.1 Å². The average Bonchev–Trinajstić information content (AvgIpc) is 3.35. The van der Waals surface area contributed by atoms with Crippen LogP contribution in [0.25, 0.3) is 5.70 Å². The van der Waals surface area contributed by atoms with E-state index in [2.05, 4.69) is 64.5 Å². The van der Waals surface area contributed by atoms with E-state index in [-0.39, 0.29) is 18.4 Å². The van der Waals surface area contributed by atoms with Gasteiger partial charge in [0.05, 0.1) is 23.9 Å². The lowest BCUT2D eigenvalue weighted by molar-refractivity contribution is -0.218. The van der Waals surface area contributed by atoms with Crippen LogP contribution in [0.5, 0.6) is 17.2 Å². The van der Waals surface area contributed by atoms with Gasteiger partial charge in [0.25, 0.3) is 0 Å². The average molecular weight is 471 g/mol. The standard InChI is InChI=1S/C23H23BrN2O4/c1-22(2)12-23(7-8-29-22)26-18(16-10-15(24)4-6-19(16)30-23)11-17(25-26)14-3-5-20-21(9-14)28-13-27-20/h3-6,9-11,18,25H,7-8,12-13H2,1-2H3/t18-,23+/m1/s1.